The van der Waals surface area contributed by atoms with Crippen LogP contribution in [0, 0.1) is 0 Å². The zero-order valence-corrected chi connectivity index (χ0v) is 9.81. The zero-order valence-electron chi connectivity index (χ0n) is 8.99. The Morgan fingerprint density at radius 2 is 2.19 bits per heavy atom. The fourth-order valence-corrected chi connectivity index (χ4v) is 1.88. The van der Waals surface area contributed by atoms with E-state index in [9.17, 15) is 13.2 Å². The lowest BCUT2D eigenvalue weighted by Crippen LogP contribution is -2.21. The van der Waals surface area contributed by atoms with Crippen LogP contribution in [0.25, 0.3) is 0 Å². The quantitative estimate of drug-likeness (QED) is 0.773. The van der Waals surface area contributed by atoms with Crippen LogP contribution in [-0.4, -0.2) is 45.5 Å². The molecule has 0 aliphatic heterocycles. The van der Waals surface area contributed by atoms with Gasteiger partial charge in [0.25, 0.3) is 0 Å². The van der Waals surface area contributed by atoms with Crippen LogP contribution in [-0.2, 0) is 16.4 Å². The fourth-order valence-electron chi connectivity index (χ4n) is 0.962. The molecule has 0 saturated carbocycles. The number of nitrogens with zero attached hydrogens (tertiary/aromatic N) is 3. The number of sulfone groups is 1. The molecule has 0 unspecified atom stereocenters. The van der Waals surface area contributed by atoms with E-state index in [0.29, 0.717) is 0 Å². The Bertz CT molecular complexity index is 477. The first-order valence-corrected chi connectivity index (χ1v) is 6.39. The number of carboxylic acids is 1. The summed E-state index contributed by atoms with van der Waals surface area (Å²) in [4.78, 5) is 10.5. The van der Waals surface area contributed by atoms with E-state index in [0.717, 1.165) is 0 Å². The van der Waals surface area contributed by atoms with E-state index in [2.05, 4.69) is 10.3 Å². The van der Waals surface area contributed by atoms with Crippen molar-refractivity contribution in [3.63, 3.8) is 0 Å². The van der Waals surface area contributed by atoms with Crippen molar-refractivity contribution >= 4 is 15.8 Å². The molecular formula is C8H13N3O4S. The molecule has 8 heteroatoms. The highest BCUT2D eigenvalue weighted by Gasteiger charge is 2.16. The Labute approximate surface area is 93.0 Å². The molecule has 1 aromatic rings. The molecule has 0 saturated heterocycles. The Kier molecular flexibility index (Phi) is 3.63. The van der Waals surface area contributed by atoms with Crippen molar-refractivity contribution in [1.82, 2.24) is 15.0 Å². The number of aryl methyl sites for hydroxylation is 1. The lowest BCUT2D eigenvalue weighted by molar-refractivity contribution is 0.0690. The van der Waals surface area contributed by atoms with Gasteiger partial charge in [0.05, 0.1) is 23.7 Å². The fraction of sp³-hybridized carbons (Fsp3) is 0.625. The van der Waals surface area contributed by atoms with Crippen LogP contribution >= 0.6 is 0 Å². The minimum absolute atomic E-state index is 0.0763. The van der Waals surface area contributed by atoms with Gasteiger partial charge >= 0.3 is 5.97 Å². The Morgan fingerprint density at radius 1 is 1.56 bits per heavy atom. The molecule has 0 atom stereocenters. The Hall–Kier alpha value is -1.44. The van der Waals surface area contributed by atoms with Crippen LogP contribution in [0.15, 0.2) is 6.20 Å². The topological polar surface area (TPSA) is 102 Å². The van der Waals surface area contributed by atoms with E-state index < -0.39 is 21.1 Å². The van der Waals surface area contributed by atoms with E-state index in [1.54, 1.807) is 13.8 Å². The number of hydrogen-bond acceptors (Lipinski definition) is 5. The molecule has 0 aromatic carbocycles. The van der Waals surface area contributed by atoms with Crippen molar-refractivity contribution in [3.8, 4) is 0 Å². The highest BCUT2D eigenvalue weighted by atomic mass is 32.2. The average molecular weight is 247 g/mol. The monoisotopic (exact) mass is 247 g/mol. The normalized spacial score (nSPS) is 11.9. The largest absolute Gasteiger partial charge is 0.476 e. The van der Waals surface area contributed by atoms with Crippen LogP contribution in [0.1, 0.15) is 24.3 Å². The predicted molar refractivity (Wildman–Crippen MR) is 55.9 cm³/mol. The molecule has 0 spiro atoms. The summed E-state index contributed by atoms with van der Waals surface area (Å²) in [6, 6.07) is 0. The molecule has 1 heterocycles. The summed E-state index contributed by atoms with van der Waals surface area (Å²) in [5.41, 5.74) is -0.193. The third-order valence-electron chi connectivity index (χ3n) is 2.08. The standard InChI is InChI=1S/C8H13N3O4S/c1-6(2)16(14,15)4-3-11-5-7(8(12)13)9-10-11/h5-6H,3-4H2,1-2H3,(H,12,13). The number of carbonyl (C=O) groups is 1. The number of carboxylic acid groups (broad SMARTS) is 1. The lowest BCUT2D eigenvalue weighted by atomic mass is 10.5. The summed E-state index contributed by atoms with van der Waals surface area (Å²) in [5.74, 6) is -1.26. The number of aromatic nitrogens is 3. The van der Waals surface area contributed by atoms with Gasteiger partial charge in [-0.3, -0.25) is 4.68 Å². The maximum absolute atomic E-state index is 11.5. The van der Waals surface area contributed by atoms with Gasteiger partial charge < -0.3 is 5.11 Å². The van der Waals surface area contributed by atoms with E-state index in [-0.39, 0.29) is 18.0 Å². The van der Waals surface area contributed by atoms with Gasteiger partial charge in [0.2, 0.25) is 0 Å². The summed E-state index contributed by atoms with van der Waals surface area (Å²) in [7, 11) is -3.14. The Balaban J connectivity index is 2.65. The van der Waals surface area contributed by atoms with Gasteiger partial charge in [0, 0.05) is 0 Å². The summed E-state index contributed by atoms with van der Waals surface area (Å²) < 4.78 is 24.1. The molecular weight excluding hydrogens is 234 g/mol. The van der Waals surface area contributed by atoms with Crippen molar-refractivity contribution in [3.05, 3.63) is 11.9 Å². The second kappa shape index (κ2) is 4.60. The van der Waals surface area contributed by atoms with Crippen LogP contribution < -0.4 is 0 Å². The molecule has 0 aliphatic rings. The molecule has 0 bridgehead atoms. The van der Waals surface area contributed by atoms with Gasteiger partial charge in [-0.05, 0) is 13.8 Å². The minimum Gasteiger partial charge on any atom is -0.476 e. The van der Waals surface area contributed by atoms with E-state index in [1.807, 2.05) is 0 Å². The van der Waals surface area contributed by atoms with Crippen molar-refractivity contribution in [2.24, 2.45) is 0 Å². The predicted octanol–water partition coefficient (Wildman–Crippen LogP) is -0.201. The summed E-state index contributed by atoms with van der Waals surface area (Å²) >= 11 is 0. The van der Waals surface area contributed by atoms with Gasteiger partial charge in [-0.15, -0.1) is 5.10 Å². The highest BCUT2D eigenvalue weighted by Crippen LogP contribution is 2.02. The van der Waals surface area contributed by atoms with Gasteiger partial charge in [0.1, 0.15) is 0 Å². The first-order valence-electron chi connectivity index (χ1n) is 4.68. The molecule has 0 fully saturated rings. The van der Waals surface area contributed by atoms with Crippen molar-refractivity contribution in [2.75, 3.05) is 5.75 Å². The Morgan fingerprint density at radius 3 is 2.62 bits per heavy atom. The first kappa shape index (κ1) is 12.6. The molecule has 1 N–H and O–H groups in total. The number of aromatic carboxylic acids is 1. The summed E-state index contributed by atoms with van der Waals surface area (Å²) in [6.45, 7) is 3.31. The summed E-state index contributed by atoms with van der Waals surface area (Å²) in [5, 5.41) is 15.0. The van der Waals surface area contributed by atoms with Gasteiger partial charge in [-0.2, -0.15) is 0 Å². The minimum atomic E-state index is -3.14. The van der Waals surface area contributed by atoms with Crippen molar-refractivity contribution in [2.45, 2.75) is 25.6 Å². The van der Waals surface area contributed by atoms with E-state index in [4.69, 9.17) is 5.11 Å². The third-order valence-corrected chi connectivity index (χ3v) is 4.27. The van der Waals surface area contributed by atoms with Crippen LogP contribution in [0.2, 0.25) is 0 Å². The second-order valence-electron chi connectivity index (χ2n) is 3.59. The molecule has 1 aromatic heterocycles. The highest BCUT2D eigenvalue weighted by molar-refractivity contribution is 7.91. The first-order chi connectivity index (χ1) is 7.33. The molecule has 0 aliphatic carbocycles. The molecule has 0 radical (unpaired) electrons. The smallest absolute Gasteiger partial charge is 0.358 e. The van der Waals surface area contributed by atoms with Crippen molar-refractivity contribution in [1.29, 1.82) is 0 Å². The number of hydrogen-bond donors (Lipinski definition) is 1. The molecule has 1 rings (SSSR count). The number of rotatable bonds is 5. The zero-order chi connectivity index (χ0) is 12.3. The molecule has 7 nitrogen and oxygen atoms in total. The second-order valence-corrected chi connectivity index (χ2v) is 6.26. The van der Waals surface area contributed by atoms with E-state index >= 15 is 0 Å². The SMILES string of the molecule is CC(C)S(=O)(=O)CCn1cc(C(=O)O)nn1. The van der Waals surface area contributed by atoms with E-state index in [1.165, 1.54) is 10.9 Å². The third kappa shape index (κ3) is 3.02. The maximum atomic E-state index is 11.5. The maximum Gasteiger partial charge on any atom is 0.358 e. The molecule has 0 amide bonds. The summed E-state index contributed by atoms with van der Waals surface area (Å²) in [6.07, 6.45) is 1.21. The van der Waals surface area contributed by atoms with Crippen LogP contribution in [0.5, 0.6) is 0 Å². The average Bonchev–Trinajstić information content (AvgIpc) is 2.63. The van der Waals surface area contributed by atoms with Gasteiger partial charge in [-0.1, -0.05) is 5.21 Å². The lowest BCUT2D eigenvalue weighted by Gasteiger charge is -2.06. The molecule has 16 heavy (non-hydrogen) atoms. The molecule has 90 valence electrons. The van der Waals surface area contributed by atoms with Gasteiger partial charge in [0.15, 0.2) is 15.5 Å². The van der Waals surface area contributed by atoms with Gasteiger partial charge in [-0.25, -0.2) is 13.2 Å². The van der Waals surface area contributed by atoms with Crippen LogP contribution in [0.4, 0.5) is 0 Å². The van der Waals surface area contributed by atoms with Crippen molar-refractivity contribution < 1.29 is 18.3 Å². The van der Waals surface area contributed by atoms with Crippen LogP contribution in [0.3, 0.4) is 0 Å².